The average molecular weight is 430 g/mol. The smallest absolute Gasteiger partial charge is 0.253 e. The van der Waals surface area contributed by atoms with Gasteiger partial charge in [-0.05, 0) is 47.9 Å². The molecule has 0 bridgehead atoms. The van der Waals surface area contributed by atoms with Crippen molar-refractivity contribution in [2.45, 2.75) is 18.9 Å². The Morgan fingerprint density at radius 1 is 1.03 bits per heavy atom. The highest BCUT2D eigenvalue weighted by Crippen LogP contribution is 2.31. The molecule has 1 aliphatic heterocycles. The van der Waals surface area contributed by atoms with E-state index in [2.05, 4.69) is 22.4 Å². The van der Waals surface area contributed by atoms with Gasteiger partial charge in [-0.3, -0.25) is 14.6 Å². The Morgan fingerprint density at radius 3 is 2.50 bits per heavy atom. The highest BCUT2D eigenvalue weighted by atomic mass is 16.5. The average Bonchev–Trinajstić information content (AvgIpc) is 2.87. The summed E-state index contributed by atoms with van der Waals surface area (Å²) in [6, 6.07) is 21.0. The molecule has 2 heterocycles. The first-order valence-electron chi connectivity index (χ1n) is 10.8. The minimum absolute atomic E-state index is 0.0398. The number of piperidine rings is 1. The molecule has 32 heavy (non-hydrogen) atoms. The molecule has 0 radical (unpaired) electrons. The number of carbonyl (C=O) groups excluding carboxylic acids is 2. The Bertz CT molecular complexity index is 1040. The quantitative estimate of drug-likeness (QED) is 0.649. The van der Waals surface area contributed by atoms with Crippen LogP contribution in [0.3, 0.4) is 0 Å². The van der Waals surface area contributed by atoms with Gasteiger partial charge in [0.05, 0.1) is 13.0 Å². The van der Waals surface area contributed by atoms with Gasteiger partial charge in [0, 0.05) is 43.5 Å². The van der Waals surface area contributed by atoms with Crippen LogP contribution in [0.2, 0.25) is 0 Å². The van der Waals surface area contributed by atoms with Crippen LogP contribution in [-0.2, 0) is 11.3 Å². The van der Waals surface area contributed by atoms with Crippen molar-refractivity contribution in [3.8, 4) is 5.75 Å². The predicted molar refractivity (Wildman–Crippen MR) is 122 cm³/mol. The van der Waals surface area contributed by atoms with Gasteiger partial charge < -0.3 is 15.0 Å². The third kappa shape index (κ3) is 5.14. The summed E-state index contributed by atoms with van der Waals surface area (Å²) in [5.41, 5.74) is 2.68. The lowest BCUT2D eigenvalue weighted by Gasteiger charge is -2.37. The molecule has 6 heteroatoms. The highest BCUT2D eigenvalue weighted by Gasteiger charge is 2.34. The number of hydrogen-bond donors (Lipinski definition) is 1. The monoisotopic (exact) mass is 429 g/mol. The van der Waals surface area contributed by atoms with E-state index in [9.17, 15) is 9.59 Å². The molecule has 0 aliphatic carbocycles. The zero-order chi connectivity index (χ0) is 22.3. The van der Waals surface area contributed by atoms with Crippen molar-refractivity contribution in [3.63, 3.8) is 0 Å². The molecule has 1 aromatic heterocycles. The number of carbonyl (C=O) groups is 2. The number of hydrogen-bond acceptors (Lipinski definition) is 4. The standard InChI is InChI=1S/C26H27N3O3/c1-32-24-11-9-21(10-12-24)26(31)29-17-22(20-7-3-2-4-8-20)14-23(18-29)25(30)28-16-19-6-5-13-27-15-19/h2-13,15,22-23H,14,16-18H2,1H3,(H,28,30). The number of pyridine rings is 1. The van der Waals surface area contributed by atoms with Crippen molar-refractivity contribution < 1.29 is 14.3 Å². The van der Waals surface area contributed by atoms with E-state index in [-0.39, 0.29) is 23.7 Å². The number of likely N-dealkylation sites (tertiary alicyclic amines) is 1. The molecule has 0 spiro atoms. The molecule has 0 saturated carbocycles. The van der Waals surface area contributed by atoms with Crippen LogP contribution in [0, 0.1) is 5.92 Å². The lowest BCUT2D eigenvalue weighted by atomic mass is 9.83. The van der Waals surface area contributed by atoms with Crippen molar-refractivity contribution >= 4 is 11.8 Å². The second-order valence-electron chi connectivity index (χ2n) is 8.06. The summed E-state index contributed by atoms with van der Waals surface area (Å²) in [5, 5.41) is 3.02. The zero-order valence-corrected chi connectivity index (χ0v) is 18.1. The number of aromatic nitrogens is 1. The molecule has 4 rings (SSSR count). The molecule has 3 aromatic rings. The fourth-order valence-corrected chi connectivity index (χ4v) is 4.17. The number of ether oxygens (including phenoxy) is 1. The molecular weight excluding hydrogens is 402 g/mol. The van der Waals surface area contributed by atoms with Crippen molar-refractivity contribution in [3.05, 3.63) is 95.8 Å². The molecule has 1 N–H and O–H groups in total. The number of methoxy groups -OCH3 is 1. The van der Waals surface area contributed by atoms with Gasteiger partial charge in [0.25, 0.3) is 5.91 Å². The summed E-state index contributed by atoms with van der Waals surface area (Å²) in [4.78, 5) is 32.2. The molecule has 6 nitrogen and oxygen atoms in total. The van der Waals surface area contributed by atoms with Gasteiger partial charge in [-0.25, -0.2) is 0 Å². The fourth-order valence-electron chi connectivity index (χ4n) is 4.17. The first-order chi connectivity index (χ1) is 15.6. The second-order valence-corrected chi connectivity index (χ2v) is 8.06. The van der Waals surface area contributed by atoms with E-state index in [4.69, 9.17) is 4.74 Å². The van der Waals surface area contributed by atoms with Crippen molar-refractivity contribution in [1.82, 2.24) is 15.2 Å². The van der Waals surface area contributed by atoms with Gasteiger partial charge in [0.1, 0.15) is 5.75 Å². The molecule has 1 saturated heterocycles. The summed E-state index contributed by atoms with van der Waals surface area (Å²) in [7, 11) is 1.60. The maximum absolute atomic E-state index is 13.3. The molecule has 2 amide bonds. The first-order valence-corrected chi connectivity index (χ1v) is 10.8. The van der Waals surface area contributed by atoms with Gasteiger partial charge in [-0.2, -0.15) is 0 Å². The summed E-state index contributed by atoms with van der Waals surface area (Å²) in [5.74, 6) is 0.407. The molecule has 2 atom stereocenters. The molecule has 2 aromatic carbocycles. The number of rotatable bonds is 6. The maximum atomic E-state index is 13.3. The summed E-state index contributed by atoms with van der Waals surface area (Å²) >= 11 is 0. The van der Waals surface area contributed by atoms with Crippen LogP contribution < -0.4 is 10.1 Å². The van der Waals surface area contributed by atoms with E-state index in [0.717, 1.165) is 11.1 Å². The Morgan fingerprint density at radius 2 is 1.81 bits per heavy atom. The van der Waals surface area contributed by atoms with Crippen molar-refractivity contribution in [1.29, 1.82) is 0 Å². The number of nitrogens with one attached hydrogen (secondary N) is 1. The lowest BCUT2D eigenvalue weighted by molar-refractivity contribution is -0.126. The van der Waals surface area contributed by atoms with E-state index in [1.165, 1.54) is 0 Å². The normalized spacial score (nSPS) is 18.1. The largest absolute Gasteiger partial charge is 0.497 e. The first kappa shape index (κ1) is 21.6. The van der Waals surface area contributed by atoms with Crippen LogP contribution >= 0.6 is 0 Å². The van der Waals surface area contributed by atoms with E-state index >= 15 is 0 Å². The van der Waals surface area contributed by atoms with Crippen LogP contribution in [0.25, 0.3) is 0 Å². The summed E-state index contributed by atoms with van der Waals surface area (Å²) in [6.45, 7) is 1.40. The minimum Gasteiger partial charge on any atom is -0.497 e. The number of benzene rings is 2. The van der Waals surface area contributed by atoms with Gasteiger partial charge in [-0.1, -0.05) is 36.4 Å². The van der Waals surface area contributed by atoms with E-state index in [1.807, 2.05) is 30.3 Å². The van der Waals surface area contributed by atoms with E-state index < -0.39 is 0 Å². The van der Waals surface area contributed by atoms with Crippen LogP contribution in [0.5, 0.6) is 5.75 Å². The van der Waals surface area contributed by atoms with Crippen LogP contribution in [-0.4, -0.2) is 41.9 Å². The lowest BCUT2D eigenvalue weighted by Crippen LogP contribution is -2.48. The predicted octanol–water partition coefficient (Wildman–Crippen LogP) is 3.65. The van der Waals surface area contributed by atoms with Crippen LogP contribution in [0.15, 0.2) is 79.1 Å². The number of nitrogens with zero attached hydrogens (tertiary/aromatic N) is 2. The Kier molecular flexibility index (Phi) is 6.80. The zero-order valence-electron chi connectivity index (χ0n) is 18.1. The maximum Gasteiger partial charge on any atom is 0.253 e. The molecule has 1 aliphatic rings. The number of amides is 2. The molecular formula is C26H27N3O3. The Balaban J connectivity index is 1.51. The fraction of sp³-hybridized carbons (Fsp3) is 0.269. The second kappa shape index (κ2) is 10.1. The third-order valence-corrected chi connectivity index (χ3v) is 5.91. The summed E-state index contributed by atoms with van der Waals surface area (Å²) in [6.07, 6.45) is 4.16. The van der Waals surface area contributed by atoms with Crippen molar-refractivity contribution in [2.24, 2.45) is 5.92 Å². The van der Waals surface area contributed by atoms with Crippen molar-refractivity contribution in [2.75, 3.05) is 20.2 Å². The third-order valence-electron chi connectivity index (χ3n) is 5.91. The van der Waals surface area contributed by atoms with Gasteiger partial charge >= 0.3 is 0 Å². The topological polar surface area (TPSA) is 71.5 Å². The van der Waals surface area contributed by atoms with Gasteiger partial charge in [0.2, 0.25) is 5.91 Å². The van der Waals surface area contributed by atoms with Crippen LogP contribution in [0.4, 0.5) is 0 Å². The van der Waals surface area contributed by atoms with E-state index in [1.54, 1.807) is 48.7 Å². The van der Waals surface area contributed by atoms with Gasteiger partial charge in [-0.15, -0.1) is 0 Å². The van der Waals surface area contributed by atoms with Gasteiger partial charge in [0.15, 0.2) is 0 Å². The molecule has 164 valence electrons. The highest BCUT2D eigenvalue weighted by molar-refractivity contribution is 5.95. The van der Waals surface area contributed by atoms with Crippen LogP contribution in [0.1, 0.15) is 33.8 Å². The molecule has 2 unspecified atom stereocenters. The Labute approximate surface area is 188 Å². The molecule has 1 fully saturated rings. The minimum atomic E-state index is -0.284. The Hall–Kier alpha value is -3.67. The SMILES string of the molecule is COc1ccc(C(=O)N2CC(C(=O)NCc3cccnc3)CC(c3ccccc3)C2)cc1. The van der Waals surface area contributed by atoms with E-state index in [0.29, 0.717) is 37.4 Å². The summed E-state index contributed by atoms with van der Waals surface area (Å²) < 4.78 is 5.20.